The van der Waals surface area contributed by atoms with Crippen molar-refractivity contribution in [1.82, 2.24) is 20.5 Å². The molecule has 2 N–H and O–H groups in total. The van der Waals surface area contributed by atoms with Crippen LogP contribution in [0.4, 0.5) is 0 Å². The van der Waals surface area contributed by atoms with E-state index in [0.29, 0.717) is 37.3 Å². The number of aromatic nitrogens is 1. The molecule has 0 radical (unpaired) electrons. The van der Waals surface area contributed by atoms with Crippen LogP contribution in [0, 0.1) is 0 Å². The van der Waals surface area contributed by atoms with E-state index < -0.39 is 23.8 Å². The lowest BCUT2D eigenvalue weighted by atomic mass is 9.98. The predicted molar refractivity (Wildman–Crippen MR) is 162 cm³/mol. The van der Waals surface area contributed by atoms with Gasteiger partial charge in [0, 0.05) is 37.4 Å². The number of hydrogen-bond acceptors (Lipinski definition) is 8. The summed E-state index contributed by atoms with van der Waals surface area (Å²) in [5, 5.41) is 6.82. The number of hydrogen-bond donors (Lipinski definition) is 2. The minimum Gasteiger partial charge on any atom is -0.459 e. The number of carbonyl (C=O) groups is 4. The SMILES string of the molecule is O=C1CCC(N2C(=O)c3cccc(CCCCCOCCNC(c4cccnc4)c4cc5ccccc5o4)c3C2=O)C(=O)N1. The molecule has 2 aliphatic heterocycles. The van der Waals surface area contributed by atoms with Gasteiger partial charge in [0.2, 0.25) is 11.8 Å². The highest BCUT2D eigenvalue weighted by molar-refractivity contribution is 6.24. The lowest BCUT2D eigenvalue weighted by Crippen LogP contribution is -2.54. The third kappa shape index (κ3) is 6.17. The van der Waals surface area contributed by atoms with Crippen LogP contribution in [0.15, 0.2) is 77.5 Å². The molecule has 4 amide bonds. The Balaban J connectivity index is 0.955. The lowest BCUT2D eigenvalue weighted by Gasteiger charge is -2.27. The van der Waals surface area contributed by atoms with Crippen molar-refractivity contribution < 1.29 is 28.3 Å². The second kappa shape index (κ2) is 13.3. The second-order valence-electron chi connectivity index (χ2n) is 11.1. The summed E-state index contributed by atoms with van der Waals surface area (Å²) in [4.78, 5) is 55.5. The Bertz CT molecular complexity index is 1650. The Morgan fingerprint density at radius 3 is 2.68 bits per heavy atom. The van der Waals surface area contributed by atoms with Crippen LogP contribution in [0.5, 0.6) is 0 Å². The second-order valence-corrected chi connectivity index (χ2v) is 11.1. The largest absolute Gasteiger partial charge is 0.459 e. The summed E-state index contributed by atoms with van der Waals surface area (Å²) in [7, 11) is 0. The number of aryl methyl sites for hydroxylation is 1. The highest BCUT2D eigenvalue weighted by Crippen LogP contribution is 2.31. The maximum Gasteiger partial charge on any atom is 0.262 e. The standard InChI is InChI=1S/C34H34N4O6/c39-29-15-14-26(32(40)37-29)38-33(41)25-12-6-10-22(30(25)34(38)42)8-2-1-5-18-43-19-17-36-31(24-11-7-16-35-21-24)28-20-23-9-3-4-13-27(23)44-28/h3-4,6-7,9-13,16,20-21,26,31,36H,1-2,5,8,14-15,17-19H2,(H,37,39,40). The first-order valence-corrected chi connectivity index (χ1v) is 15.0. The maximum absolute atomic E-state index is 13.3. The van der Waals surface area contributed by atoms with Crippen molar-refractivity contribution in [3.05, 3.63) is 101 Å². The van der Waals surface area contributed by atoms with Crippen LogP contribution in [0.25, 0.3) is 11.0 Å². The fourth-order valence-corrected chi connectivity index (χ4v) is 5.94. The molecule has 2 aliphatic rings. The van der Waals surface area contributed by atoms with Crippen LogP contribution in [-0.4, -0.2) is 59.3 Å². The first-order chi connectivity index (χ1) is 21.5. The molecule has 0 saturated carbocycles. The van der Waals surface area contributed by atoms with Gasteiger partial charge in [-0.15, -0.1) is 0 Å². The predicted octanol–water partition coefficient (Wildman–Crippen LogP) is 4.34. The summed E-state index contributed by atoms with van der Waals surface area (Å²) >= 11 is 0. The molecule has 44 heavy (non-hydrogen) atoms. The first-order valence-electron chi connectivity index (χ1n) is 15.0. The molecule has 1 fully saturated rings. The van der Waals surface area contributed by atoms with Crippen LogP contribution < -0.4 is 10.6 Å². The van der Waals surface area contributed by atoms with Gasteiger partial charge in [-0.3, -0.25) is 34.4 Å². The van der Waals surface area contributed by atoms with Crippen molar-refractivity contribution in [2.75, 3.05) is 19.8 Å². The first kappa shape index (κ1) is 29.4. The summed E-state index contributed by atoms with van der Waals surface area (Å²) in [5.74, 6) is -1.10. The molecule has 2 atom stereocenters. The summed E-state index contributed by atoms with van der Waals surface area (Å²) in [6.07, 6.45) is 7.05. The van der Waals surface area contributed by atoms with Gasteiger partial charge in [0.25, 0.3) is 11.8 Å². The van der Waals surface area contributed by atoms with Crippen molar-refractivity contribution in [3.8, 4) is 0 Å². The van der Waals surface area contributed by atoms with Crippen molar-refractivity contribution >= 4 is 34.6 Å². The summed E-state index contributed by atoms with van der Waals surface area (Å²) in [6.45, 7) is 1.78. The van der Waals surface area contributed by atoms with Gasteiger partial charge in [0.1, 0.15) is 17.4 Å². The smallest absolute Gasteiger partial charge is 0.262 e. The van der Waals surface area contributed by atoms with E-state index in [2.05, 4.69) is 21.7 Å². The number of unbranched alkanes of at least 4 members (excludes halogenated alkanes) is 2. The number of benzene rings is 2. The highest BCUT2D eigenvalue weighted by atomic mass is 16.5. The van der Waals surface area contributed by atoms with E-state index in [1.807, 2.05) is 48.7 Å². The molecule has 4 aromatic rings. The number of carbonyl (C=O) groups excluding carboxylic acids is 4. The van der Waals surface area contributed by atoms with E-state index in [0.717, 1.165) is 52.0 Å². The van der Waals surface area contributed by atoms with Gasteiger partial charge in [-0.2, -0.15) is 0 Å². The molecule has 226 valence electrons. The van der Waals surface area contributed by atoms with E-state index in [-0.39, 0.29) is 24.8 Å². The molecule has 2 aromatic carbocycles. The molecule has 6 rings (SSSR count). The Hall–Kier alpha value is -4.67. The van der Waals surface area contributed by atoms with Crippen LogP contribution >= 0.6 is 0 Å². The normalized spacial score (nSPS) is 17.3. The number of nitrogens with one attached hydrogen (secondary N) is 2. The summed E-state index contributed by atoms with van der Waals surface area (Å²) < 4.78 is 12.0. The van der Waals surface area contributed by atoms with Crippen LogP contribution in [0.2, 0.25) is 0 Å². The molecule has 0 spiro atoms. The van der Waals surface area contributed by atoms with Crippen molar-refractivity contribution in [1.29, 1.82) is 0 Å². The Morgan fingerprint density at radius 2 is 1.86 bits per heavy atom. The topological polar surface area (TPSA) is 131 Å². The average Bonchev–Trinajstić information content (AvgIpc) is 3.57. The van der Waals surface area contributed by atoms with Gasteiger partial charge in [0.15, 0.2) is 0 Å². The molecule has 10 nitrogen and oxygen atoms in total. The Kier molecular flexibility index (Phi) is 8.90. The number of pyridine rings is 1. The number of amides is 4. The summed E-state index contributed by atoms with van der Waals surface area (Å²) in [5.41, 5.74) is 3.35. The van der Waals surface area contributed by atoms with Crippen LogP contribution in [0.1, 0.15) is 75.7 Å². The van der Waals surface area contributed by atoms with E-state index in [1.54, 1.807) is 18.3 Å². The van der Waals surface area contributed by atoms with Crippen molar-refractivity contribution in [2.24, 2.45) is 0 Å². The van der Waals surface area contributed by atoms with Gasteiger partial charge in [-0.1, -0.05) is 42.8 Å². The number of imide groups is 2. The highest BCUT2D eigenvalue weighted by Gasteiger charge is 2.45. The fourth-order valence-electron chi connectivity index (χ4n) is 5.94. The maximum atomic E-state index is 13.3. The van der Waals surface area contributed by atoms with Gasteiger partial charge >= 0.3 is 0 Å². The minimum absolute atomic E-state index is 0.0984. The van der Waals surface area contributed by atoms with Gasteiger partial charge < -0.3 is 14.5 Å². The Morgan fingerprint density at radius 1 is 0.977 bits per heavy atom. The zero-order chi connectivity index (χ0) is 30.5. The van der Waals surface area contributed by atoms with Gasteiger partial charge in [-0.25, -0.2) is 0 Å². The fraction of sp³-hybridized carbons (Fsp3) is 0.324. The molecule has 1 saturated heterocycles. The summed E-state index contributed by atoms with van der Waals surface area (Å²) in [6, 6.07) is 18.1. The monoisotopic (exact) mass is 594 g/mol. The molecular formula is C34H34N4O6. The zero-order valence-electron chi connectivity index (χ0n) is 24.3. The quantitative estimate of drug-likeness (QED) is 0.173. The molecule has 0 bridgehead atoms. The number of furan rings is 1. The molecule has 4 heterocycles. The van der Waals surface area contributed by atoms with E-state index >= 15 is 0 Å². The molecule has 2 aromatic heterocycles. The lowest BCUT2D eigenvalue weighted by molar-refractivity contribution is -0.136. The minimum atomic E-state index is -0.960. The third-order valence-corrected chi connectivity index (χ3v) is 8.13. The number of fused-ring (bicyclic) bond motifs is 2. The Labute approximate surface area is 254 Å². The molecular weight excluding hydrogens is 560 g/mol. The van der Waals surface area contributed by atoms with Gasteiger partial charge in [0.05, 0.1) is 23.8 Å². The van der Waals surface area contributed by atoms with E-state index in [4.69, 9.17) is 9.15 Å². The molecule has 2 unspecified atom stereocenters. The van der Waals surface area contributed by atoms with Crippen molar-refractivity contribution in [3.63, 3.8) is 0 Å². The molecule has 0 aliphatic carbocycles. The number of nitrogens with zero attached hydrogens (tertiary/aromatic N) is 2. The number of piperidine rings is 1. The number of para-hydroxylation sites is 1. The van der Waals surface area contributed by atoms with E-state index in [9.17, 15) is 19.2 Å². The number of rotatable bonds is 13. The zero-order valence-corrected chi connectivity index (χ0v) is 24.3. The third-order valence-electron chi connectivity index (χ3n) is 8.13. The van der Waals surface area contributed by atoms with Crippen LogP contribution in [-0.2, 0) is 20.7 Å². The van der Waals surface area contributed by atoms with Crippen LogP contribution in [0.3, 0.4) is 0 Å². The van der Waals surface area contributed by atoms with E-state index in [1.165, 1.54) is 0 Å². The van der Waals surface area contributed by atoms with Crippen molar-refractivity contribution in [2.45, 2.75) is 50.6 Å². The molecule has 10 heteroatoms. The van der Waals surface area contributed by atoms with Gasteiger partial charge in [-0.05, 0) is 61.1 Å². The average molecular weight is 595 g/mol. The number of ether oxygens (including phenoxy) is 1.